The van der Waals surface area contributed by atoms with Gasteiger partial charge in [-0.2, -0.15) is 5.23 Å². The zero-order chi connectivity index (χ0) is 25.4. The van der Waals surface area contributed by atoms with Crippen LogP contribution >= 0.6 is 0 Å². The summed E-state index contributed by atoms with van der Waals surface area (Å²) >= 11 is 0. The molecule has 1 atom stereocenters. The van der Waals surface area contributed by atoms with Gasteiger partial charge in [0.2, 0.25) is 5.71 Å². The fourth-order valence-corrected chi connectivity index (χ4v) is 5.04. The minimum atomic E-state index is -0.959. The molecule has 0 amide bonds. The molecule has 3 heterocycles. The molecule has 3 N–H and O–H groups in total. The topological polar surface area (TPSA) is 110 Å². The number of piperidine rings is 1. The van der Waals surface area contributed by atoms with E-state index in [0.29, 0.717) is 43.0 Å². The Morgan fingerprint density at radius 3 is 2.24 bits per heavy atom. The van der Waals surface area contributed by atoms with Gasteiger partial charge in [0.1, 0.15) is 17.9 Å². The predicted octanol–water partition coefficient (Wildman–Crippen LogP) is 4.59. The van der Waals surface area contributed by atoms with Crippen LogP contribution in [-0.4, -0.2) is 39.5 Å². The lowest BCUT2D eigenvalue weighted by Gasteiger charge is -2.30. The number of furan rings is 1. The number of hydrogen-bond acceptors (Lipinski definition) is 7. The van der Waals surface area contributed by atoms with Gasteiger partial charge >= 0.3 is 0 Å². The van der Waals surface area contributed by atoms with Crippen LogP contribution in [0.3, 0.4) is 0 Å². The van der Waals surface area contributed by atoms with E-state index in [-0.39, 0.29) is 11.8 Å². The van der Waals surface area contributed by atoms with E-state index in [2.05, 4.69) is 14.9 Å². The smallest absolute Gasteiger partial charge is 0.232 e. The lowest BCUT2D eigenvalue weighted by atomic mass is 9.97. The van der Waals surface area contributed by atoms with Crippen LogP contribution in [0, 0.1) is 5.21 Å². The van der Waals surface area contributed by atoms with E-state index in [9.17, 15) is 15.5 Å². The van der Waals surface area contributed by atoms with Gasteiger partial charge in [-0.25, -0.2) is 15.2 Å². The monoisotopic (exact) mass is 494 g/mol. The highest BCUT2D eigenvalue weighted by Crippen LogP contribution is 2.44. The predicted molar refractivity (Wildman–Crippen MR) is 141 cm³/mol. The molecule has 1 unspecified atom stereocenters. The van der Waals surface area contributed by atoms with Crippen LogP contribution in [0.1, 0.15) is 12.8 Å². The Labute approximate surface area is 213 Å². The maximum atomic E-state index is 11.7. The van der Waals surface area contributed by atoms with Gasteiger partial charge < -0.3 is 19.6 Å². The van der Waals surface area contributed by atoms with Gasteiger partial charge in [-0.3, -0.25) is 0 Å². The van der Waals surface area contributed by atoms with E-state index in [1.807, 2.05) is 66.7 Å². The summed E-state index contributed by atoms with van der Waals surface area (Å²) in [5.74, 6) is 1.48. The molecule has 1 aliphatic rings. The van der Waals surface area contributed by atoms with Crippen molar-refractivity contribution in [1.82, 2.24) is 9.97 Å². The first-order valence-corrected chi connectivity index (χ1v) is 12.3. The van der Waals surface area contributed by atoms with Crippen molar-refractivity contribution in [3.05, 3.63) is 90.4 Å². The number of fused-ring (bicyclic) bond motifs is 1. The van der Waals surface area contributed by atoms with E-state index >= 15 is 0 Å². The van der Waals surface area contributed by atoms with Crippen molar-refractivity contribution in [2.45, 2.75) is 18.9 Å². The van der Waals surface area contributed by atoms with Gasteiger partial charge in [-0.05, 0) is 30.0 Å². The minimum Gasteiger partial charge on any atom is -0.595 e. The fourth-order valence-electron chi connectivity index (χ4n) is 5.04. The summed E-state index contributed by atoms with van der Waals surface area (Å²) in [6, 6.07) is 24.7. The van der Waals surface area contributed by atoms with E-state index in [1.165, 1.54) is 6.33 Å². The molecule has 5 aromatic rings. The van der Waals surface area contributed by atoms with Crippen molar-refractivity contribution in [3.8, 4) is 33.6 Å². The average Bonchev–Trinajstić information content (AvgIpc) is 3.34. The van der Waals surface area contributed by atoms with Crippen molar-refractivity contribution < 1.29 is 20.0 Å². The van der Waals surface area contributed by atoms with Gasteiger partial charge in [-0.1, -0.05) is 66.7 Å². The van der Waals surface area contributed by atoms with Crippen LogP contribution in [0.5, 0.6) is 0 Å². The Morgan fingerprint density at radius 2 is 1.51 bits per heavy atom. The molecular formula is C29H26N4O4. The van der Waals surface area contributed by atoms with E-state index < -0.39 is 5.23 Å². The zero-order valence-electron chi connectivity index (χ0n) is 20.0. The number of aliphatic hydroxyl groups is 1. The first-order valence-electron chi connectivity index (χ1n) is 12.3. The number of nitrogens with zero attached hydrogens (tertiary/aromatic N) is 3. The maximum Gasteiger partial charge on any atom is 0.232 e. The third-order valence-corrected chi connectivity index (χ3v) is 6.91. The fraction of sp³-hybridized carbons (Fsp3) is 0.172. The Balaban J connectivity index is 1.50. The summed E-state index contributed by atoms with van der Waals surface area (Å²) in [7, 11) is 0. The Hall–Kier alpha value is -4.08. The summed E-state index contributed by atoms with van der Waals surface area (Å²) in [5.41, 5.74) is 5.00. The maximum absolute atomic E-state index is 11.7. The van der Waals surface area contributed by atoms with Gasteiger partial charge in [0.15, 0.2) is 5.69 Å². The molecule has 3 aromatic carbocycles. The highest BCUT2D eigenvalue weighted by Gasteiger charge is 2.26. The van der Waals surface area contributed by atoms with Crippen molar-refractivity contribution in [2.75, 3.05) is 18.0 Å². The molecular weight excluding hydrogens is 468 g/mol. The van der Waals surface area contributed by atoms with Crippen LogP contribution in [0.25, 0.3) is 44.7 Å². The summed E-state index contributed by atoms with van der Waals surface area (Å²) in [4.78, 5) is 11.3. The number of aromatic nitrogens is 2. The summed E-state index contributed by atoms with van der Waals surface area (Å²) in [5, 5.41) is 31.2. The number of aliphatic hydroxyl groups excluding tert-OH is 1. The largest absolute Gasteiger partial charge is 0.595 e. The summed E-state index contributed by atoms with van der Waals surface area (Å²) < 4.78 is 6.38. The number of anilines is 1. The van der Waals surface area contributed by atoms with Crippen LogP contribution < -0.4 is 10.1 Å². The molecule has 8 nitrogen and oxygen atoms in total. The van der Waals surface area contributed by atoms with Gasteiger partial charge in [0.05, 0.1) is 11.5 Å². The van der Waals surface area contributed by atoms with Crippen LogP contribution in [0.15, 0.2) is 89.6 Å². The van der Waals surface area contributed by atoms with E-state index in [1.54, 1.807) is 12.1 Å². The third kappa shape index (κ3) is 4.36. The first kappa shape index (κ1) is 23.3. The van der Waals surface area contributed by atoms with Crippen LogP contribution in [0.4, 0.5) is 11.5 Å². The lowest BCUT2D eigenvalue weighted by molar-refractivity contribution is -0.991. The third-order valence-electron chi connectivity index (χ3n) is 6.91. The first-order chi connectivity index (χ1) is 18.1. The van der Waals surface area contributed by atoms with Gasteiger partial charge in [0, 0.05) is 35.8 Å². The van der Waals surface area contributed by atoms with E-state index in [0.717, 1.165) is 33.5 Å². The molecule has 186 valence electrons. The molecule has 1 saturated heterocycles. The second kappa shape index (κ2) is 9.76. The molecule has 0 aliphatic carbocycles. The Morgan fingerprint density at radius 1 is 0.838 bits per heavy atom. The van der Waals surface area contributed by atoms with Crippen molar-refractivity contribution in [2.24, 2.45) is 0 Å². The van der Waals surface area contributed by atoms with Crippen molar-refractivity contribution in [1.29, 1.82) is 0 Å². The second-order valence-corrected chi connectivity index (χ2v) is 9.20. The average molecular weight is 495 g/mol. The molecule has 2 aromatic heterocycles. The zero-order valence-corrected chi connectivity index (χ0v) is 20.0. The second-order valence-electron chi connectivity index (χ2n) is 9.20. The lowest BCUT2D eigenvalue weighted by Crippen LogP contribution is -2.99. The van der Waals surface area contributed by atoms with Crippen LogP contribution in [-0.2, 0) is 0 Å². The Kier molecular flexibility index (Phi) is 6.15. The highest BCUT2D eigenvalue weighted by atomic mass is 16.8. The normalized spacial score (nSPS) is 15.3. The quantitative estimate of drug-likeness (QED) is 0.307. The van der Waals surface area contributed by atoms with Crippen molar-refractivity contribution in [3.63, 3.8) is 0 Å². The number of hydrogen-bond donors (Lipinski definition) is 3. The molecule has 1 aliphatic heterocycles. The summed E-state index contributed by atoms with van der Waals surface area (Å²) in [6.07, 6.45) is 2.62. The molecule has 0 radical (unpaired) electrons. The number of quaternary nitrogens is 1. The summed E-state index contributed by atoms with van der Waals surface area (Å²) in [6.45, 7) is 1.42. The SMILES string of the molecule is [O-][NH+](O)c1ccccc1-c1ccc(-c2oc3ncnc(N4CCC(O)CC4)c3c2-c2ccccc2)cc1. The minimum absolute atomic E-state index is 0.260. The standard InChI is InChI=1S/C29H26N4O4/c34-22-14-16-32(17-15-22)28-26-25(20-6-2-1-3-7-20)27(37-29(26)31-18-30-28)21-12-10-19(11-13-21)23-8-4-5-9-24(23)33(35)36/h1-13,18,22,33-35H,14-17H2. The molecule has 1 fully saturated rings. The molecule has 0 saturated carbocycles. The number of para-hydroxylation sites is 1. The number of nitrogens with one attached hydrogen (secondary N) is 1. The van der Waals surface area contributed by atoms with Gasteiger partial charge in [-0.15, -0.1) is 0 Å². The Bertz CT molecular complexity index is 1530. The van der Waals surface area contributed by atoms with Gasteiger partial charge in [0.25, 0.3) is 0 Å². The number of rotatable bonds is 5. The highest BCUT2D eigenvalue weighted by molar-refractivity contribution is 6.06. The molecule has 0 spiro atoms. The number of benzene rings is 3. The van der Waals surface area contributed by atoms with Crippen molar-refractivity contribution >= 4 is 22.6 Å². The van der Waals surface area contributed by atoms with Crippen LogP contribution in [0.2, 0.25) is 0 Å². The molecule has 6 rings (SSSR count). The molecule has 37 heavy (non-hydrogen) atoms. The molecule has 8 heteroatoms. The molecule has 0 bridgehead atoms. The van der Waals surface area contributed by atoms with E-state index in [4.69, 9.17) is 4.42 Å².